The highest BCUT2D eigenvalue weighted by Crippen LogP contribution is 2.44. The summed E-state index contributed by atoms with van der Waals surface area (Å²) in [7, 11) is 0. The van der Waals surface area contributed by atoms with Gasteiger partial charge in [0.1, 0.15) is 22.7 Å². The normalized spacial score (nSPS) is 23.7. The number of aryl methyl sites for hydroxylation is 2. The summed E-state index contributed by atoms with van der Waals surface area (Å²) in [5.74, 6) is -0.210. The molecule has 2 saturated carbocycles. The highest BCUT2D eigenvalue weighted by Gasteiger charge is 2.41. The van der Waals surface area contributed by atoms with Crippen LogP contribution in [0.2, 0.25) is 0 Å². The van der Waals surface area contributed by atoms with Crippen molar-refractivity contribution in [1.29, 1.82) is 0 Å². The van der Waals surface area contributed by atoms with Gasteiger partial charge in [0.25, 0.3) is 11.8 Å². The van der Waals surface area contributed by atoms with Crippen molar-refractivity contribution in [2.75, 3.05) is 6.54 Å². The summed E-state index contributed by atoms with van der Waals surface area (Å²) in [6, 6.07) is 9.30. The molecule has 3 N–H and O–H groups in total. The SMILES string of the molecule is C[C@H]1NC(=O)c2cnc(C(F)(F)F)cc2CCCCCn2c(-c3nc4cc(C(=O)N5C[C@H](N)[C@@H]6CC[C@H]5C6)cc(F)c4n3C3CC3)cc3ccc1nc32. The van der Waals surface area contributed by atoms with Crippen molar-refractivity contribution in [1.82, 2.24) is 34.3 Å². The van der Waals surface area contributed by atoms with Gasteiger partial charge in [-0.15, -0.1) is 0 Å². The zero-order chi connectivity index (χ0) is 36.8. The van der Waals surface area contributed by atoms with E-state index in [0.29, 0.717) is 72.0 Å². The molecule has 10 nitrogen and oxygen atoms in total. The number of fused-ring (bicyclic) bond motifs is 5. The molecule has 53 heavy (non-hydrogen) atoms. The Morgan fingerprint density at radius 3 is 2.60 bits per heavy atom. The first-order chi connectivity index (χ1) is 25.4. The average molecular weight is 729 g/mol. The molecule has 4 atom stereocenters. The molecule has 9 rings (SSSR count). The molecule has 4 bridgehead atoms. The first kappa shape index (κ1) is 34.0. The molecule has 4 aromatic heterocycles. The maximum atomic E-state index is 16.3. The Morgan fingerprint density at radius 1 is 1.00 bits per heavy atom. The van der Waals surface area contributed by atoms with Gasteiger partial charge in [-0.1, -0.05) is 6.42 Å². The first-order valence-corrected chi connectivity index (χ1v) is 18.6. The van der Waals surface area contributed by atoms with Crippen LogP contribution in [0.25, 0.3) is 33.6 Å². The number of benzene rings is 1. The summed E-state index contributed by atoms with van der Waals surface area (Å²) in [5.41, 5.74) is 8.87. The number of carbonyl (C=O) groups is 2. The second kappa shape index (κ2) is 12.6. The van der Waals surface area contributed by atoms with E-state index in [0.717, 1.165) is 55.4 Å². The number of hydrogen-bond donors (Lipinski definition) is 2. The number of amides is 2. The van der Waals surface area contributed by atoms with E-state index < -0.39 is 29.6 Å². The zero-order valence-corrected chi connectivity index (χ0v) is 29.3. The van der Waals surface area contributed by atoms with Crippen LogP contribution >= 0.6 is 0 Å². The molecule has 1 saturated heterocycles. The monoisotopic (exact) mass is 728 g/mol. The van der Waals surface area contributed by atoms with E-state index in [-0.39, 0.29) is 41.6 Å². The molecule has 2 aliphatic carbocycles. The molecular formula is C39H40F4N8O2. The van der Waals surface area contributed by atoms with Gasteiger partial charge in [-0.25, -0.2) is 14.4 Å². The van der Waals surface area contributed by atoms with E-state index in [1.165, 1.54) is 6.07 Å². The highest BCUT2D eigenvalue weighted by atomic mass is 19.4. The maximum absolute atomic E-state index is 16.3. The summed E-state index contributed by atoms with van der Waals surface area (Å²) in [5, 5.41) is 3.76. The number of rotatable bonds is 3. The summed E-state index contributed by atoms with van der Waals surface area (Å²) in [6.07, 6.45) is 3.10. The standard InChI is InChI=1S/C39H40F4N8O2/c1-20-30-11-7-23-16-32(49(35(23)47-30)12-4-2-3-5-21-17-33(39(41,42)43)45-18-27(21)37(52)46-20)36-48-31-15-24(14-28(40)34(31)51(36)25-9-10-25)38(53)50-19-29(44)22-6-8-26(50)13-22/h7,11,14-18,20,22,25-26,29H,2-6,8-10,12-13,19,44H2,1H3,(H,46,52)/t20-,22-,26+,29+/m1/s1. The van der Waals surface area contributed by atoms with Gasteiger partial charge in [0.15, 0.2) is 5.82 Å². The number of hydrogen-bond acceptors (Lipinski definition) is 6. The number of pyridine rings is 2. The van der Waals surface area contributed by atoms with Crippen molar-refractivity contribution in [2.45, 2.75) is 102 Å². The van der Waals surface area contributed by atoms with Crippen LogP contribution in [0, 0.1) is 11.7 Å². The number of likely N-dealkylation sites (tertiary alicyclic amines) is 1. The third-order valence-corrected chi connectivity index (χ3v) is 11.7. The van der Waals surface area contributed by atoms with Gasteiger partial charge in [-0.05, 0) is 106 Å². The summed E-state index contributed by atoms with van der Waals surface area (Å²) in [6.45, 7) is 2.77. The minimum atomic E-state index is -4.63. The Balaban J connectivity index is 1.10. The van der Waals surface area contributed by atoms with Gasteiger partial charge in [-0.2, -0.15) is 13.2 Å². The van der Waals surface area contributed by atoms with Crippen LogP contribution in [-0.4, -0.2) is 59.4 Å². The Kier molecular flexibility index (Phi) is 8.09. The van der Waals surface area contributed by atoms with E-state index in [1.807, 2.05) is 27.7 Å². The van der Waals surface area contributed by atoms with Crippen LogP contribution in [-0.2, 0) is 19.1 Å². The van der Waals surface area contributed by atoms with E-state index in [1.54, 1.807) is 13.0 Å². The van der Waals surface area contributed by atoms with Crippen LogP contribution < -0.4 is 11.1 Å². The van der Waals surface area contributed by atoms with Gasteiger partial charge in [0.05, 0.1) is 28.5 Å². The van der Waals surface area contributed by atoms with E-state index in [9.17, 15) is 22.8 Å². The molecule has 3 fully saturated rings. The molecule has 6 heterocycles. The topological polar surface area (TPSA) is 124 Å². The van der Waals surface area contributed by atoms with Crippen molar-refractivity contribution in [3.05, 3.63) is 76.5 Å². The second-order valence-electron chi connectivity index (χ2n) is 15.3. The number of nitrogens with zero attached hydrogens (tertiary/aromatic N) is 6. The Bertz CT molecular complexity index is 2290. The fourth-order valence-corrected chi connectivity index (χ4v) is 8.75. The number of aromatic nitrogens is 5. The Morgan fingerprint density at radius 2 is 1.81 bits per heavy atom. The third kappa shape index (κ3) is 5.95. The van der Waals surface area contributed by atoms with Crippen molar-refractivity contribution in [2.24, 2.45) is 11.7 Å². The molecule has 0 radical (unpaired) electrons. The lowest BCUT2D eigenvalue weighted by molar-refractivity contribution is -0.141. The lowest BCUT2D eigenvalue weighted by atomic mass is 9.94. The Hall–Kier alpha value is -4.85. The molecule has 4 aliphatic rings. The molecule has 2 aliphatic heterocycles. The predicted molar refractivity (Wildman–Crippen MR) is 190 cm³/mol. The van der Waals surface area contributed by atoms with E-state index in [2.05, 4.69) is 14.9 Å². The summed E-state index contributed by atoms with van der Waals surface area (Å²) < 4.78 is 61.0. The van der Waals surface area contributed by atoms with Crippen LogP contribution in [0.15, 0.2) is 42.6 Å². The largest absolute Gasteiger partial charge is 0.433 e. The summed E-state index contributed by atoms with van der Waals surface area (Å²) >= 11 is 0. The van der Waals surface area contributed by atoms with Crippen LogP contribution in [0.1, 0.15) is 108 Å². The van der Waals surface area contributed by atoms with Crippen molar-refractivity contribution >= 4 is 33.9 Å². The minimum absolute atomic E-state index is 0.0563. The number of alkyl halides is 3. The third-order valence-electron chi connectivity index (χ3n) is 11.7. The number of nitrogens with two attached hydrogens (primary N) is 1. The summed E-state index contributed by atoms with van der Waals surface area (Å²) in [4.78, 5) is 42.6. The van der Waals surface area contributed by atoms with Crippen molar-refractivity contribution < 1.29 is 27.2 Å². The molecule has 276 valence electrons. The number of carbonyl (C=O) groups excluding carboxylic acids is 2. The fraction of sp³-hybridized carbons (Fsp3) is 0.462. The zero-order valence-electron chi connectivity index (χ0n) is 29.3. The number of piperidine rings is 1. The van der Waals surface area contributed by atoms with Gasteiger partial charge in [0.2, 0.25) is 0 Å². The van der Waals surface area contributed by atoms with Crippen LogP contribution in [0.4, 0.5) is 17.6 Å². The van der Waals surface area contributed by atoms with Crippen molar-refractivity contribution in [3.8, 4) is 11.5 Å². The van der Waals surface area contributed by atoms with E-state index in [4.69, 9.17) is 15.7 Å². The lowest BCUT2D eigenvalue weighted by Crippen LogP contribution is -2.51. The number of halogens is 4. The molecule has 1 aromatic carbocycles. The van der Waals surface area contributed by atoms with Gasteiger partial charge >= 0.3 is 6.18 Å². The average Bonchev–Trinajstić information content (AvgIpc) is 3.59. The number of imidazole rings is 1. The molecule has 14 heteroatoms. The van der Waals surface area contributed by atoms with Gasteiger partial charge in [-0.3, -0.25) is 14.6 Å². The Labute approximate surface area is 302 Å². The molecule has 5 aromatic rings. The molecule has 0 unspecified atom stereocenters. The van der Waals surface area contributed by atoms with Crippen LogP contribution in [0.3, 0.4) is 0 Å². The highest BCUT2D eigenvalue weighted by molar-refractivity contribution is 5.99. The molecule has 0 spiro atoms. The smallest absolute Gasteiger partial charge is 0.344 e. The van der Waals surface area contributed by atoms with Crippen molar-refractivity contribution in [3.63, 3.8) is 0 Å². The fourth-order valence-electron chi connectivity index (χ4n) is 8.75. The number of nitrogens with one attached hydrogen (secondary N) is 1. The van der Waals surface area contributed by atoms with Gasteiger partial charge in [0, 0.05) is 48.4 Å². The molecular weight excluding hydrogens is 688 g/mol. The first-order valence-electron chi connectivity index (χ1n) is 18.6. The maximum Gasteiger partial charge on any atom is 0.433 e. The van der Waals surface area contributed by atoms with Crippen LogP contribution in [0.5, 0.6) is 0 Å². The predicted octanol–water partition coefficient (Wildman–Crippen LogP) is 7.11. The molecule has 2 amide bonds. The minimum Gasteiger partial charge on any atom is -0.344 e. The second-order valence-corrected chi connectivity index (χ2v) is 15.3. The van der Waals surface area contributed by atoms with E-state index >= 15 is 4.39 Å². The lowest BCUT2D eigenvalue weighted by Gasteiger charge is -2.37. The van der Waals surface area contributed by atoms with Gasteiger partial charge < -0.3 is 25.1 Å². The quantitative estimate of drug-likeness (QED) is 0.191.